The van der Waals surface area contributed by atoms with Gasteiger partial charge in [0.2, 0.25) is 0 Å². The molecule has 0 aliphatic heterocycles. The van der Waals surface area contributed by atoms with Crippen LogP contribution in [0, 0.1) is 11.8 Å². The molecular formula is C23H26O3. The van der Waals surface area contributed by atoms with Crippen LogP contribution in [0.15, 0.2) is 60.7 Å². The molecule has 1 aliphatic rings. The number of hydrogen-bond donors (Lipinski definition) is 0. The van der Waals surface area contributed by atoms with Crippen LogP contribution in [0.4, 0.5) is 0 Å². The number of rotatable bonds is 4. The van der Waals surface area contributed by atoms with Gasteiger partial charge in [-0.2, -0.15) is 0 Å². The standard InChI is InChI=1S/C23H26O3/c1-23(2,3)26-22(25)18-14-19(16-10-6-4-7-11-16)20(15-18)21(24)17-12-8-5-9-13-17/h4-13,18-20H,14-15H2,1-3H3/t18-,19+,20-/m0/s1. The van der Waals surface area contributed by atoms with Gasteiger partial charge >= 0.3 is 5.97 Å². The highest BCUT2D eigenvalue weighted by Gasteiger charge is 2.43. The molecule has 3 rings (SSSR count). The fraction of sp³-hybridized carbons (Fsp3) is 0.391. The second-order valence-corrected chi connectivity index (χ2v) is 8.06. The van der Waals surface area contributed by atoms with E-state index in [4.69, 9.17) is 4.74 Å². The van der Waals surface area contributed by atoms with Crippen LogP contribution in [0.1, 0.15) is 55.5 Å². The quantitative estimate of drug-likeness (QED) is 0.574. The van der Waals surface area contributed by atoms with Crippen molar-refractivity contribution in [3.8, 4) is 0 Å². The molecule has 2 aromatic rings. The Morgan fingerprint density at radius 2 is 1.46 bits per heavy atom. The lowest BCUT2D eigenvalue weighted by Gasteiger charge is -2.22. The molecule has 2 aromatic carbocycles. The van der Waals surface area contributed by atoms with Crippen LogP contribution in [0.5, 0.6) is 0 Å². The zero-order valence-corrected chi connectivity index (χ0v) is 15.6. The van der Waals surface area contributed by atoms with Crippen LogP contribution in [0.3, 0.4) is 0 Å². The van der Waals surface area contributed by atoms with Crippen molar-refractivity contribution < 1.29 is 14.3 Å². The first-order valence-electron chi connectivity index (χ1n) is 9.22. The molecule has 0 amide bonds. The van der Waals surface area contributed by atoms with Crippen LogP contribution in [-0.2, 0) is 9.53 Å². The van der Waals surface area contributed by atoms with Gasteiger partial charge in [-0.3, -0.25) is 9.59 Å². The van der Waals surface area contributed by atoms with E-state index in [1.54, 1.807) is 0 Å². The van der Waals surface area contributed by atoms with Crippen LogP contribution in [-0.4, -0.2) is 17.4 Å². The van der Waals surface area contributed by atoms with Gasteiger partial charge in [0, 0.05) is 11.5 Å². The highest BCUT2D eigenvalue weighted by Crippen LogP contribution is 2.45. The minimum absolute atomic E-state index is 0.0430. The zero-order chi connectivity index (χ0) is 18.7. The topological polar surface area (TPSA) is 43.4 Å². The highest BCUT2D eigenvalue weighted by molar-refractivity contribution is 5.99. The number of carbonyl (C=O) groups excluding carboxylic acids is 2. The first-order valence-corrected chi connectivity index (χ1v) is 9.22. The Morgan fingerprint density at radius 1 is 0.885 bits per heavy atom. The molecule has 1 aliphatic carbocycles. The number of ether oxygens (including phenoxy) is 1. The maximum Gasteiger partial charge on any atom is 0.309 e. The van der Waals surface area contributed by atoms with Crippen molar-refractivity contribution >= 4 is 11.8 Å². The van der Waals surface area contributed by atoms with Gasteiger partial charge in [-0.25, -0.2) is 0 Å². The second kappa shape index (κ2) is 7.45. The molecule has 0 bridgehead atoms. The number of esters is 1. The van der Waals surface area contributed by atoms with E-state index >= 15 is 0 Å². The summed E-state index contributed by atoms with van der Waals surface area (Å²) in [6.07, 6.45) is 1.20. The van der Waals surface area contributed by atoms with Gasteiger partial charge in [-0.1, -0.05) is 60.7 Å². The van der Waals surface area contributed by atoms with Crippen molar-refractivity contribution in [1.29, 1.82) is 0 Å². The van der Waals surface area contributed by atoms with Gasteiger partial charge < -0.3 is 4.74 Å². The summed E-state index contributed by atoms with van der Waals surface area (Å²) in [5.41, 5.74) is 1.32. The first-order chi connectivity index (χ1) is 12.3. The van der Waals surface area contributed by atoms with Crippen LogP contribution >= 0.6 is 0 Å². The van der Waals surface area contributed by atoms with Gasteiger partial charge in [0.05, 0.1) is 5.92 Å². The van der Waals surface area contributed by atoms with Gasteiger partial charge in [-0.15, -0.1) is 0 Å². The SMILES string of the molecule is CC(C)(C)OC(=O)[C@@H]1C[C@H](C(=O)c2ccccc2)[C@@H](c2ccccc2)C1. The van der Waals surface area contributed by atoms with Gasteiger partial charge in [0.1, 0.15) is 5.60 Å². The largest absolute Gasteiger partial charge is 0.460 e. The maximum absolute atomic E-state index is 13.1. The third-order valence-corrected chi connectivity index (χ3v) is 4.93. The summed E-state index contributed by atoms with van der Waals surface area (Å²) in [5, 5.41) is 0. The molecule has 0 aromatic heterocycles. The lowest BCUT2D eigenvalue weighted by molar-refractivity contribution is -0.159. The number of benzene rings is 2. The fourth-order valence-corrected chi connectivity index (χ4v) is 3.79. The molecule has 3 heteroatoms. The summed E-state index contributed by atoms with van der Waals surface area (Å²) in [4.78, 5) is 25.7. The van der Waals surface area contributed by atoms with Crippen molar-refractivity contribution in [2.24, 2.45) is 11.8 Å². The maximum atomic E-state index is 13.1. The molecule has 1 fully saturated rings. The summed E-state index contributed by atoms with van der Waals surface area (Å²) in [5.74, 6) is -0.469. The van der Waals surface area contributed by atoms with E-state index in [1.165, 1.54) is 0 Å². The molecule has 0 heterocycles. The average molecular weight is 350 g/mol. The molecule has 1 saturated carbocycles. The van der Waals surface area contributed by atoms with Gasteiger partial charge in [-0.05, 0) is 45.1 Å². The molecule has 26 heavy (non-hydrogen) atoms. The van der Waals surface area contributed by atoms with E-state index in [-0.39, 0.29) is 29.5 Å². The van der Waals surface area contributed by atoms with E-state index in [0.717, 1.165) is 5.56 Å². The molecule has 0 N–H and O–H groups in total. The third-order valence-electron chi connectivity index (χ3n) is 4.93. The molecule has 0 saturated heterocycles. The summed E-state index contributed by atoms with van der Waals surface area (Å²) < 4.78 is 5.59. The minimum Gasteiger partial charge on any atom is -0.460 e. The number of Topliss-reactive ketones (excluding diaryl/α,β-unsaturated/α-hetero) is 1. The summed E-state index contributed by atoms with van der Waals surface area (Å²) >= 11 is 0. The number of ketones is 1. The first kappa shape index (κ1) is 18.4. The monoisotopic (exact) mass is 350 g/mol. The Balaban J connectivity index is 1.87. The van der Waals surface area contributed by atoms with Crippen molar-refractivity contribution in [3.05, 3.63) is 71.8 Å². The van der Waals surface area contributed by atoms with Crippen molar-refractivity contribution in [2.45, 2.75) is 45.1 Å². The van der Waals surface area contributed by atoms with E-state index in [1.807, 2.05) is 81.4 Å². The normalized spacial score (nSPS) is 22.8. The van der Waals surface area contributed by atoms with E-state index in [0.29, 0.717) is 18.4 Å². The zero-order valence-electron chi connectivity index (χ0n) is 15.6. The molecule has 0 spiro atoms. The lowest BCUT2D eigenvalue weighted by atomic mass is 9.84. The predicted octanol–water partition coefficient (Wildman–Crippen LogP) is 5.02. The van der Waals surface area contributed by atoms with Crippen molar-refractivity contribution in [3.63, 3.8) is 0 Å². The van der Waals surface area contributed by atoms with Crippen LogP contribution < -0.4 is 0 Å². The van der Waals surface area contributed by atoms with Crippen molar-refractivity contribution in [2.75, 3.05) is 0 Å². The third kappa shape index (κ3) is 4.21. The predicted molar refractivity (Wildman–Crippen MR) is 102 cm³/mol. The minimum atomic E-state index is -0.513. The summed E-state index contributed by atoms with van der Waals surface area (Å²) in [6.45, 7) is 5.63. The summed E-state index contributed by atoms with van der Waals surface area (Å²) in [7, 11) is 0. The molecular weight excluding hydrogens is 324 g/mol. The van der Waals surface area contributed by atoms with Crippen LogP contribution in [0.2, 0.25) is 0 Å². The Morgan fingerprint density at radius 3 is 2.04 bits per heavy atom. The Kier molecular flexibility index (Phi) is 5.26. The molecule has 3 nitrogen and oxygen atoms in total. The molecule has 0 unspecified atom stereocenters. The van der Waals surface area contributed by atoms with E-state index in [2.05, 4.69) is 0 Å². The number of hydrogen-bond acceptors (Lipinski definition) is 3. The van der Waals surface area contributed by atoms with Gasteiger partial charge in [0.15, 0.2) is 5.78 Å². The Labute approximate surface area is 155 Å². The number of carbonyl (C=O) groups is 2. The fourth-order valence-electron chi connectivity index (χ4n) is 3.79. The smallest absolute Gasteiger partial charge is 0.309 e. The van der Waals surface area contributed by atoms with E-state index < -0.39 is 5.60 Å². The van der Waals surface area contributed by atoms with E-state index in [9.17, 15) is 9.59 Å². The lowest BCUT2D eigenvalue weighted by Crippen LogP contribution is -2.28. The van der Waals surface area contributed by atoms with Crippen LogP contribution in [0.25, 0.3) is 0 Å². The molecule has 136 valence electrons. The molecule has 3 atom stereocenters. The highest BCUT2D eigenvalue weighted by atomic mass is 16.6. The van der Waals surface area contributed by atoms with Gasteiger partial charge in [0.25, 0.3) is 0 Å². The Bertz CT molecular complexity index is 759. The average Bonchev–Trinajstić information content (AvgIpc) is 3.07. The Hall–Kier alpha value is -2.42. The molecule has 0 radical (unpaired) electrons. The second-order valence-electron chi connectivity index (χ2n) is 8.06. The van der Waals surface area contributed by atoms with Crippen molar-refractivity contribution in [1.82, 2.24) is 0 Å². The summed E-state index contributed by atoms with van der Waals surface area (Å²) in [6, 6.07) is 19.4.